The molecule has 0 spiro atoms. The Morgan fingerprint density at radius 3 is 2.46 bits per heavy atom. The highest BCUT2D eigenvalue weighted by Gasteiger charge is 2.13. The monoisotopic (exact) mass is 349 g/mol. The van der Waals surface area contributed by atoms with Crippen LogP contribution >= 0.6 is 11.6 Å². The minimum Gasteiger partial charge on any atom is -0.493 e. The van der Waals surface area contributed by atoms with Crippen molar-refractivity contribution in [3.8, 4) is 17.2 Å². The predicted molar refractivity (Wildman–Crippen MR) is 93.1 cm³/mol. The van der Waals surface area contributed by atoms with Gasteiger partial charge in [0.25, 0.3) is 5.91 Å². The lowest BCUT2D eigenvalue weighted by molar-refractivity contribution is -0.123. The number of ether oxygens (including phenoxy) is 3. The fraction of sp³-hybridized carbons (Fsp3) is 0.278. The van der Waals surface area contributed by atoms with Crippen molar-refractivity contribution in [3.63, 3.8) is 0 Å². The third-order valence-electron chi connectivity index (χ3n) is 3.48. The van der Waals surface area contributed by atoms with Crippen molar-refractivity contribution in [2.75, 3.05) is 20.8 Å². The summed E-state index contributed by atoms with van der Waals surface area (Å²) in [6, 6.07) is 12.3. The van der Waals surface area contributed by atoms with Gasteiger partial charge >= 0.3 is 0 Å². The zero-order valence-corrected chi connectivity index (χ0v) is 14.6. The van der Waals surface area contributed by atoms with Gasteiger partial charge in [-0.05, 0) is 36.8 Å². The van der Waals surface area contributed by atoms with Crippen molar-refractivity contribution in [2.24, 2.45) is 0 Å². The van der Waals surface area contributed by atoms with Gasteiger partial charge in [0.15, 0.2) is 18.1 Å². The van der Waals surface area contributed by atoms with Crippen molar-refractivity contribution in [1.29, 1.82) is 0 Å². The van der Waals surface area contributed by atoms with E-state index in [1.807, 2.05) is 19.1 Å². The quantitative estimate of drug-likeness (QED) is 0.829. The van der Waals surface area contributed by atoms with Gasteiger partial charge in [-0.15, -0.1) is 0 Å². The molecule has 0 saturated carbocycles. The highest BCUT2D eigenvalue weighted by atomic mass is 35.5. The predicted octanol–water partition coefficient (Wildman–Crippen LogP) is 3.61. The fourth-order valence-electron chi connectivity index (χ4n) is 2.19. The van der Waals surface area contributed by atoms with E-state index in [1.54, 1.807) is 44.6 Å². The Balaban J connectivity index is 1.95. The molecular weight excluding hydrogens is 330 g/mol. The molecule has 0 aliphatic rings. The maximum absolute atomic E-state index is 12.1. The largest absolute Gasteiger partial charge is 0.493 e. The van der Waals surface area contributed by atoms with Gasteiger partial charge in [0.2, 0.25) is 0 Å². The Labute approximate surface area is 146 Å². The first-order valence-corrected chi connectivity index (χ1v) is 7.81. The number of para-hydroxylation sites is 1. The van der Waals surface area contributed by atoms with E-state index in [-0.39, 0.29) is 18.6 Å². The Kier molecular flexibility index (Phi) is 6.32. The molecule has 0 fully saturated rings. The van der Waals surface area contributed by atoms with E-state index < -0.39 is 0 Å². The van der Waals surface area contributed by atoms with E-state index in [1.165, 1.54) is 0 Å². The fourth-order valence-corrected chi connectivity index (χ4v) is 2.38. The van der Waals surface area contributed by atoms with Crippen LogP contribution in [0.3, 0.4) is 0 Å². The van der Waals surface area contributed by atoms with Crippen LogP contribution in [0, 0.1) is 0 Å². The van der Waals surface area contributed by atoms with Crippen molar-refractivity contribution in [2.45, 2.75) is 13.0 Å². The number of amides is 1. The molecule has 0 unspecified atom stereocenters. The molecule has 6 heteroatoms. The molecule has 5 nitrogen and oxygen atoms in total. The van der Waals surface area contributed by atoms with Gasteiger partial charge in [-0.1, -0.05) is 29.8 Å². The lowest BCUT2D eigenvalue weighted by Gasteiger charge is -2.17. The lowest BCUT2D eigenvalue weighted by atomic mass is 10.1. The van der Waals surface area contributed by atoms with Gasteiger partial charge in [0.1, 0.15) is 5.75 Å². The van der Waals surface area contributed by atoms with Crippen LogP contribution in [0.4, 0.5) is 0 Å². The van der Waals surface area contributed by atoms with Crippen molar-refractivity contribution < 1.29 is 19.0 Å². The summed E-state index contributed by atoms with van der Waals surface area (Å²) in [5, 5.41) is 3.34. The molecule has 0 aliphatic heterocycles. The summed E-state index contributed by atoms with van der Waals surface area (Å²) in [4.78, 5) is 12.1. The van der Waals surface area contributed by atoms with Crippen LogP contribution in [-0.2, 0) is 4.79 Å². The first-order chi connectivity index (χ1) is 11.5. The van der Waals surface area contributed by atoms with E-state index in [0.717, 1.165) is 5.56 Å². The maximum atomic E-state index is 12.1. The van der Waals surface area contributed by atoms with Crippen LogP contribution in [0.15, 0.2) is 42.5 Å². The standard InChI is InChI=1S/C18H20ClNO4/c1-12(13-8-9-16(22-2)17(10-13)23-3)20-18(21)11-24-15-7-5-4-6-14(15)19/h4-10,12H,11H2,1-3H3,(H,20,21)/t12-/m0/s1. The summed E-state index contributed by atoms with van der Waals surface area (Å²) in [6.45, 7) is 1.77. The summed E-state index contributed by atoms with van der Waals surface area (Å²) < 4.78 is 15.9. The van der Waals surface area contributed by atoms with Crippen LogP contribution in [0.25, 0.3) is 0 Å². The van der Waals surface area contributed by atoms with E-state index in [0.29, 0.717) is 22.3 Å². The van der Waals surface area contributed by atoms with Crippen molar-refractivity contribution in [1.82, 2.24) is 5.32 Å². The van der Waals surface area contributed by atoms with Crippen LogP contribution < -0.4 is 19.5 Å². The minimum absolute atomic E-state index is 0.110. The molecule has 2 aromatic rings. The molecule has 24 heavy (non-hydrogen) atoms. The molecule has 1 atom stereocenters. The van der Waals surface area contributed by atoms with E-state index >= 15 is 0 Å². The third-order valence-corrected chi connectivity index (χ3v) is 3.79. The van der Waals surface area contributed by atoms with Crippen LogP contribution in [-0.4, -0.2) is 26.7 Å². The summed E-state index contributed by atoms with van der Waals surface area (Å²) in [5.74, 6) is 1.50. The van der Waals surface area contributed by atoms with Crippen molar-refractivity contribution in [3.05, 3.63) is 53.1 Å². The number of carbonyl (C=O) groups excluding carboxylic acids is 1. The summed E-state index contributed by atoms with van der Waals surface area (Å²) >= 11 is 5.99. The van der Waals surface area contributed by atoms with Gasteiger partial charge in [-0.2, -0.15) is 0 Å². The summed E-state index contributed by atoms with van der Waals surface area (Å²) in [7, 11) is 3.15. The Morgan fingerprint density at radius 2 is 1.79 bits per heavy atom. The summed E-state index contributed by atoms with van der Waals surface area (Å²) in [6.07, 6.45) is 0. The number of nitrogens with one attached hydrogen (secondary N) is 1. The average Bonchev–Trinajstić information content (AvgIpc) is 2.60. The lowest BCUT2D eigenvalue weighted by Crippen LogP contribution is -2.31. The molecule has 0 saturated heterocycles. The molecular formula is C18H20ClNO4. The van der Waals surface area contributed by atoms with Gasteiger partial charge in [-0.25, -0.2) is 0 Å². The van der Waals surface area contributed by atoms with E-state index in [2.05, 4.69) is 5.32 Å². The molecule has 0 aromatic heterocycles. The second-order valence-electron chi connectivity index (χ2n) is 5.12. The molecule has 2 aromatic carbocycles. The molecule has 0 heterocycles. The first-order valence-electron chi connectivity index (χ1n) is 7.43. The number of benzene rings is 2. The second kappa shape index (κ2) is 8.45. The molecule has 0 aliphatic carbocycles. The van der Waals surface area contributed by atoms with Crippen LogP contribution in [0.5, 0.6) is 17.2 Å². The van der Waals surface area contributed by atoms with Gasteiger partial charge in [0, 0.05) is 0 Å². The molecule has 1 amide bonds. The average molecular weight is 350 g/mol. The normalized spacial score (nSPS) is 11.5. The molecule has 1 N–H and O–H groups in total. The third kappa shape index (κ3) is 4.55. The Hall–Kier alpha value is -2.40. The van der Waals surface area contributed by atoms with E-state index in [4.69, 9.17) is 25.8 Å². The number of methoxy groups -OCH3 is 2. The number of hydrogen-bond acceptors (Lipinski definition) is 4. The Morgan fingerprint density at radius 1 is 1.08 bits per heavy atom. The van der Waals surface area contributed by atoms with E-state index in [9.17, 15) is 4.79 Å². The Bertz CT molecular complexity index is 705. The highest BCUT2D eigenvalue weighted by molar-refractivity contribution is 6.32. The van der Waals surface area contributed by atoms with Gasteiger partial charge in [-0.3, -0.25) is 4.79 Å². The van der Waals surface area contributed by atoms with Crippen LogP contribution in [0.2, 0.25) is 5.02 Å². The SMILES string of the molecule is COc1ccc([C@H](C)NC(=O)COc2ccccc2Cl)cc1OC. The number of carbonyl (C=O) groups is 1. The zero-order valence-electron chi connectivity index (χ0n) is 13.8. The second-order valence-corrected chi connectivity index (χ2v) is 5.53. The molecule has 0 bridgehead atoms. The highest BCUT2D eigenvalue weighted by Crippen LogP contribution is 2.30. The first kappa shape index (κ1) is 17.9. The van der Waals surface area contributed by atoms with Gasteiger partial charge < -0.3 is 19.5 Å². The number of halogens is 1. The number of hydrogen-bond donors (Lipinski definition) is 1. The summed E-state index contributed by atoms with van der Waals surface area (Å²) in [5.41, 5.74) is 0.902. The smallest absolute Gasteiger partial charge is 0.258 e. The maximum Gasteiger partial charge on any atom is 0.258 e. The minimum atomic E-state index is -0.239. The number of rotatable bonds is 7. The van der Waals surface area contributed by atoms with Crippen LogP contribution in [0.1, 0.15) is 18.5 Å². The molecule has 0 radical (unpaired) electrons. The van der Waals surface area contributed by atoms with Crippen molar-refractivity contribution >= 4 is 17.5 Å². The molecule has 2 rings (SSSR count). The zero-order chi connectivity index (χ0) is 17.5. The topological polar surface area (TPSA) is 56.8 Å². The van der Waals surface area contributed by atoms with Gasteiger partial charge in [0.05, 0.1) is 25.3 Å². The molecule has 128 valence electrons.